The molecule has 47 heavy (non-hydrogen) atoms. The van der Waals surface area contributed by atoms with Gasteiger partial charge in [-0.2, -0.15) is 0 Å². The van der Waals surface area contributed by atoms with Crippen LogP contribution in [0.3, 0.4) is 0 Å². The summed E-state index contributed by atoms with van der Waals surface area (Å²) in [6.45, 7) is 14.0. The number of hydrogen-bond acceptors (Lipinski definition) is 10. The Labute approximate surface area is 271 Å². The highest BCUT2D eigenvalue weighted by molar-refractivity contribution is 5.98. The van der Waals surface area contributed by atoms with Crippen LogP contribution in [-0.2, 0) is 33.3 Å². The Kier molecular flexibility index (Phi) is 12.5. The van der Waals surface area contributed by atoms with Crippen LogP contribution in [0, 0.1) is 5.82 Å². The third-order valence-corrected chi connectivity index (χ3v) is 6.24. The molecule has 0 unspecified atom stereocenters. The van der Waals surface area contributed by atoms with Crippen molar-refractivity contribution in [2.24, 2.45) is 0 Å². The molecule has 11 heteroatoms. The van der Waals surface area contributed by atoms with E-state index < -0.39 is 35.7 Å². The van der Waals surface area contributed by atoms with E-state index in [9.17, 15) is 28.4 Å². The standard InChI is InChI=1S/C36H33FO10/c1-21(2)32(38)43-13-15-45-35(41)28-17-27(18-29(19-28)36(42)46-16-14-44-33(39)22(3)4)25-9-7-24(8-10-25)26-11-12-31(30(37)20-26)47-34(40)23(5)6/h7-12,17-20H,1,3,5,13-16H2,2,4,6H3. The molecule has 0 spiro atoms. The van der Waals surface area contributed by atoms with E-state index in [0.717, 1.165) is 0 Å². The van der Waals surface area contributed by atoms with Gasteiger partial charge < -0.3 is 23.7 Å². The number of carbonyl (C=O) groups excluding carboxylic acids is 5. The molecule has 0 bridgehead atoms. The highest BCUT2D eigenvalue weighted by Crippen LogP contribution is 2.30. The second-order valence-electron chi connectivity index (χ2n) is 10.3. The lowest BCUT2D eigenvalue weighted by Gasteiger charge is -2.12. The molecule has 0 aliphatic rings. The average Bonchev–Trinajstić information content (AvgIpc) is 3.05. The summed E-state index contributed by atoms with van der Waals surface area (Å²) in [6, 6.07) is 15.3. The van der Waals surface area contributed by atoms with E-state index in [1.165, 1.54) is 51.1 Å². The molecule has 3 aromatic rings. The lowest BCUT2D eigenvalue weighted by molar-refractivity contribution is -0.140. The van der Waals surface area contributed by atoms with E-state index in [2.05, 4.69) is 19.7 Å². The summed E-state index contributed by atoms with van der Waals surface area (Å²) in [5, 5.41) is 0. The molecule has 0 fully saturated rings. The Morgan fingerprint density at radius 3 is 1.36 bits per heavy atom. The third-order valence-electron chi connectivity index (χ3n) is 6.24. The zero-order valence-corrected chi connectivity index (χ0v) is 26.2. The van der Waals surface area contributed by atoms with Gasteiger partial charge in [0.05, 0.1) is 11.1 Å². The summed E-state index contributed by atoms with van der Waals surface area (Å²) in [7, 11) is 0. The van der Waals surface area contributed by atoms with Crippen LogP contribution in [0.4, 0.5) is 4.39 Å². The highest BCUT2D eigenvalue weighted by Gasteiger charge is 2.18. The minimum Gasteiger partial charge on any atom is -0.459 e. The molecule has 10 nitrogen and oxygen atoms in total. The molecule has 0 aliphatic heterocycles. The molecule has 3 aromatic carbocycles. The maximum Gasteiger partial charge on any atom is 0.338 e. The predicted molar refractivity (Wildman–Crippen MR) is 170 cm³/mol. The topological polar surface area (TPSA) is 132 Å². The zero-order valence-electron chi connectivity index (χ0n) is 26.2. The smallest absolute Gasteiger partial charge is 0.338 e. The first kappa shape index (κ1) is 35.6. The number of hydrogen-bond donors (Lipinski definition) is 0. The molecule has 0 atom stereocenters. The maximum absolute atomic E-state index is 14.7. The Hall–Kier alpha value is -5.84. The van der Waals surface area contributed by atoms with Crippen molar-refractivity contribution in [1.29, 1.82) is 0 Å². The van der Waals surface area contributed by atoms with Crippen LogP contribution in [0.5, 0.6) is 5.75 Å². The predicted octanol–water partition coefficient (Wildman–Crippen LogP) is 6.19. The minimum absolute atomic E-state index is 0.0143. The number of esters is 5. The molecule has 0 saturated carbocycles. The number of ether oxygens (including phenoxy) is 5. The number of halogens is 1. The summed E-state index contributed by atoms with van der Waals surface area (Å²) in [5.41, 5.74) is 2.73. The van der Waals surface area contributed by atoms with Gasteiger partial charge in [0.15, 0.2) is 11.6 Å². The Morgan fingerprint density at radius 2 is 0.936 bits per heavy atom. The van der Waals surface area contributed by atoms with E-state index in [1.54, 1.807) is 30.3 Å². The van der Waals surface area contributed by atoms with Gasteiger partial charge in [0.2, 0.25) is 0 Å². The van der Waals surface area contributed by atoms with Crippen molar-refractivity contribution in [2.75, 3.05) is 26.4 Å². The SMILES string of the molecule is C=C(C)C(=O)OCCOC(=O)c1cc(C(=O)OCCOC(=O)C(=C)C)cc(-c2ccc(-c3ccc(OC(=O)C(=C)C)c(F)c3)cc2)c1. The van der Waals surface area contributed by atoms with E-state index in [1.807, 2.05) is 0 Å². The van der Waals surface area contributed by atoms with Crippen molar-refractivity contribution < 1.29 is 52.0 Å². The van der Waals surface area contributed by atoms with Crippen LogP contribution in [0.15, 0.2) is 97.1 Å². The fourth-order valence-corrected chi connectivity index (χ4v) is 3.79. The van der Waals surface area contributed by atoms with Crippen molar-refractivity contribution in [3.05, 3.63) is 114 Å². The van der Waals surface area contributed by atoms with Gasteiger partial charge in [-0.3, -0.25) is 0 Å². The lowest BCUT2D eigenvalue weighted by atomic mass is 9.97. The Bertz CT molecular complexity index is 1670. The molecule has 0 aliphatic carbocycles. The molecule has 0 N–H and O–H groups in total. The van der Waals surface area contributed by atoms with E-state index in [4.69, 9.17) is 23.7 Å². The fourth-order valence-electron chi connectivity index (χ4n) is 3.79. The first-order valence-corrected chi connectivity index (χ1v) is 14.2. The highest BCUT2D eigenvalue weighted by atomic mass is 19.1. The average molecular weight is 645 g/mol. The Balaban J connectivity index is 1.84. The van der Waals surface area contributed by atoms with E-state index in [-0.39, 0.29) is 60.0 Å². The summed E-state index contributed by atoms with van der Waals surface area (Å²) >= 11 is 0. The van der Waals surface area contributed by atoms with Crippen molar-refractivity contribution in [2.45, 2.75) is 20.8 Å². The number of rotatable bonds is 14. The summed E-state index contributed by atoms with van der Waals surface area (Å²) in [6.07, 6.45) is 0. The molecule has 0 amide bonds. The fraction of sp³-hybridized carbons (Fsp3) is 0.194. The molecule has 0 saturated heterocycles. The number of benzene rings is 3. The molecule has 0 radical (unpaired) electrons. The quantitative estimate of drug-likeness (QED) is 0.0658. The molecular formula is C36H33FO10. The van der Waals surface area contributed by atoms with Gasteiger partial charge in [-0.1, -0.05) is 50.1 Å². The molecule has 0 aromatic heterocycles. The van der Waals surface area contributed by atoms with Crippen molar-refractivity contribution in [1.82, 2.24) is 0 Å². The van der Waals surface area contributed by atoms with E-state index >= 15 is 0 Å². The van der Waals surface area contributed by atoms with Crippen LogP contribution >= 0.6 is 0 Å². The first-order valence-electron chi connectivity index (χ1n) is 14.2. The van der Waals surface area contributed by atoms with Gasteiger partial charge >= 0.3 is 29.8 Å². The monoisotopic (exact) mass is 644 g/mol. The van der Waals surface area contributed by atoms with Gasteiger partial charge in [0, 0.05) is 16.7 Å². The van der Waals surface area contributed by atoms with Crippen LogP contribution in [0.2, 0.25) is 0 Å². The van der Waals surface area contributed by atoms with Crippen LogP contribution in [0.25, 0.3) is 22.3 Å². The van der Waals surface area contributed by atoms with Crippen molar-refractivity contribution in [3.63, 3.8) is 0 Å². The second kappa shape index (κ2) is 16.5. The zero-order chi connectivity index (χ0) is 34.7. The van der Waals surface area contributed by atoms with E-state index in [0.29, 0.717) is 22.3 Å². The normalized spacial score (nSPS) is 10.3. The molecule has 244 valence electrons. The minimum atomic E-state index is -0.790. The molecule has 3 rings (SSSR count). The third kappa shape index (κ3) is 10.4. The Morgan fingerprint density at radius 1 is 0.532 bits per heavy atom. The van der Waals surface area contributed by atoms with Crippen LogP contribution < -0.4 is 4.74 Å². The van der Waals surface area contributed by atoms with Gasteiger partial charge in [0.25, 0.3) is 0 Å². The summed E-state index contributed by atoms with van der Waals surface area (Å²) < 4.78 is 40.0. The maximum atomic E-state index is 14.7. The van der Waals surface area contributed by atoms with Crippen molar-refractivity contribution in [3.8, 4) is 28.0 Å². The van der Waals surface area contributed by atoms with Gasteiger partial charge in [0.1, 0.15) is 26.4 Å². The summed E-state index contributed by atoms with van der Waals surface area (Å²) in [5.74, 6) is -4.55. The second-order valence-corrected chi connectivity index (χ2v) is 10.3. The van der Waals surface area contributed by atoms with Crippen LogP contribution in [0.1, 0.15) is 41.5 Å². The number of carbonyl (C=O) groups is 5. The summed E-state index contributed by atoms with van der Waals surface area (Å²) in [4.78, 5) is 60.7. The van der Waals surface area contributed by atoms with Crippen molar-refractivity contribution >= 4 is 29.8 Å². The van der Waals surface area contributed by atoms with Crippen LogP contribution in [-0.4, -0.2) is 56.3 Å². The lowest BCUT2D eigenvalue weighted by Crippen LogP contribution is -2.16. The van der Waals surface area contributed by atoms with Gasteiger partial charge in [-0.25, -0.2) is 28.4 Å². The van der Waals surface area contributed by atoms with Gasteiger partial charge in [-0.05, 0) is 73.4 Å². The first-order chi connectivity index (χ1) is 22.3. The molecular weight excluding hydrogens is 611 g/mol. The molecule has 0 heterocycles. The van der Waals surface area contributed by atoms with Gasteiger partial charge in [-0.15, -0.1) is 0 Å². The largest absolute Gasteiger partial charge is 0.459 e.